The average molecular weight is 646 g/mol. The van der Waals surface area contributed by atoms with E-state index in [9.17, 15) is 24.3 Å². The summed E-state index contributed by atoms with van der Waals surface area (Å²) in [5.41, 5.74) is 2.24. The normalized spacial score (nSPS) is 11.9. The van der Waals surface area contributed by atoms with Crippen molar-refractivity contribution in [2.45, 2.75) is 51.6 Å². The summed E-state index contributed by atoms with van der Waals surface area (Å²) < 4.78 is 6.74. The molecule has 3 N–H and O–H groups in total. The highest BCUT2D eigenvalue weighted by molar-refractivity contribution is 5.98. The van der Waals surface area contributed by atoms with Crippen LogP contribution >= 0.6 is 0 Å². The first-order chi connectivity index (χ1) is 22.9. The van der Waals surface area contributed by atoms with Crippen LogP contribution < -0.4 is 20.9 Å². The second-order valence-electron chi connectivity index (χ2n) is 12.5. The predicted molar refractivity (Wildman–Crippen MR) is 187 cm³/mol. The minimum Gasteiger partial charge on any atom is -0.497 e. The molecule has 0 spiro atoms. The molecule has 9 heteroatoms. The quantitative estimate of drug-likeness (QED) is 0.161. The molecule has 5 aromatic rings. The molecule has 0 radical (unpaired) electrons. The van der Waals surface area contributed by atoms with Gasteiger partial charge in [-0.15, -0.1) is 0 Å². The summed E-state index contributed by atoms with van der Waals surface area (Å²) >= 11 is 0. The molecule has 0 bridgehead atoms. The lowest BCUT2D eigenvalue weighted by Gasteiger charge is -2.22. The Labute approximate surface area is 279 Å². The third-order valence-corrected chi connectivity index (χ3v) is 8.61. The minimum absolute atomic E-state index is 0.0549. The number of rotatable bonds is 12. The lowest BCUT2D eigenvalue weighted by atomic mass is 9.84. The first kappa shape index (κ1) is 33.7. The van der Waals surface area contributed by atoms with E-state index < -0.39 is 23.3 Å². The zero-order valence-corrected chi connectivity index (χ0v) is 27.4. The number of carbonyl (C=O) groups excluding carboxylic acids is 2. The lowest BCUT2D eigenvalue weighted by Crippen LogP contribution is -2.46. The maximum atomic E-state index is 13.9. The van der Waals surface area contributed by atoms with Gasteiger partial charge in [0.2, 0.25) is 11.8 Å². The second-order valence-corrected chi connectivity index (χ2v) is 12.5. The highest BCUT2D eigenvalue weighted by Crippen LogP contribution is 2.24. The van der Waals surface area contributed by atoms with E-state index in [0.29, 0.717) is 22.4 Å². The number of aryl methyl sites for hydroxylation is 1. The summed E-state index contributed by atoms with van der Waals surface area (Å²) in [7, 11) is 1.59. The summed E-state index contributed by atoms with van der Waals surface area (Å²) in [6.07, 6.45) is 1.86. The number of hydrogen-bond donors (Lipinski definition) is 3. The number of nitrogens with zero attached hydrogens (tertiary/aromatic N) is 1. The number of nitrogens with one attached hydrogen (secondary N) is 2. The van der Waals surface area contributed by atoms with Crippen LogP contribution in [-0.4, -0.2) is 40.6 Å². The number of carboxylic acids is 1. The molecular formula is C39H39N3O6. The number of carbonyl (C=O) groups is 3. The molecule has 0 fully saturated rings. The van der Waals surface area contributed by atoms with Gasteiger partial charge in [0.05, 0.1) is 25.5 Å². The van der Waals surface area contributed by atoms with Gasteiger partial charge in [0.15, 0.2) is 0 Å². The highest BCUT2D eigenvalue weighted by atomic mass is 16.5. The van der Waals surface area contributed by atoms with Crippen molar-refractivity contribution in [2.75, 3.05) is 12.4 Å². The highest BCUT2D eigenvalue weighted by Gasteiger charge is 2.30. The predicted octanol–water partition coefficient (Wildman–Crippen LogP) is 5.64. The Morgan fingerprint density at radius 3 is 2.17 bits per heavy atom. The molecule has 1 heterocycles. The second kappa shape index (κ2) is 14.4. The molecule has 0 aliphatic carbocycles. The Hall–Kier alpha value is -5.70. The largest absolute Gasteiger partial charge is 0.497 e. The van der Waals surface area contributed by atoms with Gasteiger partial charge in [0.25, 0.3) is 5.56 Å². The van der Waals surface area contributed by atoms with Crippen LogP contribution in [0.1, 0.15) is 41.7 Å². The van der Waals surface area contributed by atoms with Crippen molar-refractivity contribution in [3.05, 3.63) is 141 Å². The molecule has 246 valence electrons. The molecule has 1 aromatic heterocycles. The number of ether oxygens (including phenoxy) is 1. The Balaban J connectivity index is 1.39. The smallest absolute Gasteiger partial charge is 0.313 e. The maximum absolute atomic E-state index is 13.9. The lowest BCUT2D eigenvalue weighted by molar-refractivity contribution is -0.142. The van der Waals surface area contributed by atoms with Gasteiger partial charge in [-0.05, 0) is 77.6 Å². The Kier molecular flexibility index (Phi) is 10.1. The molecule has 5 rings (SSSR count). The molecule has 0 saturated heterocycles. The number of benzene rings is 4. The van der Waals surface area contributed by atoms with Gasteiger partial charge in [0.1, 0.15) is 17.5 Å². The van der Waals surface area contributed by atoms with Crippen LogP contribution in [0.25, 0.3) is 10.8 Å². The number of anilines is 1. The minimum atomic E-state index is -1.10. The zero-order chi connectivity index (χ0) is 34.4. The molecule has 48 heavy (non-hydrogen) atoms. The molecule has 1 atom stereocenters. The Morgan fingerprint density at radius 1 is 0.854 bits per heavy atom. The standard InChI is InChI=1S/C39H39N3O6/c1-25-19-20-42(24-27-12-17-32(48-4)18-13-27)37(45)35(25)41-36(44)33(22-26-10-15-31(16-11-26)39(2,3)38(46)47)40-34(43)23-28-9-14-29-7-5-6-8-30(29)21-28/h5-21,33H,22-24H2,1-4H3,(H,40,43)(H,41,44)(H,46,47)/t33-/m0/s1. The van der Waals surface area contributed by atoms with Crippen LogP contribution in [0.5, 0.6) is 5.75 Å². The summed E-state index contributed by atoms with van der Waals surface area (Å²) in [4.78, 5) is 52.6. The number of fused-ring (bicyclic) bond motifs is 1. The van der Waals surface area contributed by atoms with E-state index in [-0.39, 0.29) is 36.5 Å². The summed E-state index contributed by atoms with van der Waals surface area (Å²) in [6.45, 7) is 5.27. The van der Waals surface area contributed by atoms with E-state index in [2.05, 4.69) is 10.6 Å². The molecule has 0 aliphatic heterocycles. The van der Waals surface area contributed by atoms with Crippen LogP contribution in [0.3, 0.4) is 0 Å². The van der Waals surface area contributed by atoms with E-state index in [1.165, 1.54) is 4.57 Å². The molecule has 0 aliphatic rings. The van der Waals surface area contributed by atoms with Crippen LogP contribution in [0.2, 0.25) is 0 Å². The van der Waals surface area contributed by atoms with E-state index in [0.717, 1.165) is 21.9 Å². The fourth-order valence-electron chi connectivity index (χ4n) is 5.49. The molecular weight excluding hydrogens is 606 g/mol. The van der Waals surface area contributed by atoms with Gasteiger partial charge in [-0.2, -0.15) is 0 Å². The van der Waals surface area contributed by atoms with Crippen LogP contribution in [-0.2, 0) is 39.2 Å². The van der Waals surface area contributed by atoms with Gasteiger partial charge >= 0.3 is 5.97 Å². The third-order valence-electron chi connectivity index (χ3n) is 8.61. The van der Waals surface area contributed by atoms with Crippen molar-refractivity contribution < 1.29 is 24.2 Å². The van der Waals surface area contributed by atoms with Gasteiger partial charge in [-0.25, -0.2) is 0 Å². The van der Waals surface area contributed by atoms with Crippen molar-refractivity contribution in [2.24, 2.45) is 0 Å². The topological polar surface area (TPSA) is 127 Å². The molecule has 9 nitrogen and oxygen atoms in total. The third kappa shape index (κ3) is 7.81. The fraction of sp³-hybridized carbons (Fsp3) is 0.231. The average Bonchev–Trinajstić information content (AvgIpc) is 3.08. The van der Waals surface area contributed by atoms with Crippen LogP contribution in [0, 0.1) is 6.92 Å². The fourth-order valence-corrected chi connectivity index (χ4v) is 5.49. The number of aliphatic carboxylic acids is 1. The van der Waals surface area contributed by atoms with E-state index in [1.54, 1.807) is 64.4 Å². The number of aromatic nitrogens is 1. The monoisotopic (exact) mass is 645 g/mol. The summed E-state index contributed by atoms with van der Waals surface area (Å²) in [6, 6.07) is 28.7. The molecule has 0 saturated carbocycles. The summed E-state index contributed by atoms with van der Waals surface area (Å²) in [5, 5.41) is 17.4. The first-order valence-electron chi connectivity index (χ1n) is 15.7. The van der Waals surface area contributed by atoms with Crippen molar-refractivity contribution in [3.63, 3.8) is 0 Å². The van der Waals surface area contributed by atoms with E-state index in [1.807, 2.05) is 66.7 Å². The Morgan fingerprint density at radius 2 is 1.50 bits per heavy atom. The van der Waals surface area contributed by atoms with Crippen LogP contribution in [0.15, 0.2) is 108 Å². The first-order valence-corrected chi connectivity index (χ1v) is 15.7. The number of pyridine rings is 1. The molecule has 2 amide bonds. The number of carboxylic acid groups (broad SMARTS) is 1. The van der Waals surface area contributed by atoms with Crippen molar-refractivity contribution in [1.29, 1.82) is 0 Å². The SMILES string of the molecule is COc1ccc(Cn2ccc(C)c(NC(=O)[C@H](Cc3ccc(C(C)(C)C(=O)O)cc3)NC(=O)Cc3ccc4ccccc4c3)c2=O)cc1. The van der Waals surface area contributed by atoms with Crippen LogP contribution in [0.4, 0.5) is 5.69 Å². The number of methoxy groups -OCH3 is 1. The van der Waals surface area contributed by atoms with E-state index in [4.69, 9.17) is 4.74 Å². The van der Waals surface area contributed by atoms with Gasteiger partial charge < -0.3 is 25.0 Å². The Bertz CT molecular complexity index is 2010. The van der Waals surface area contributed by atoms with Gasteiger partial charge in [-0.1, -0.05) is 78.9 Å². The van der Waals surface area contributed by atoms with Crippen molar-refractivity contribution in [1.82, 2.24) is 9.88 Å². The number of hydrogen-bond acceptors (Lipinski definition) is 5. The van der Waals surface area contributed by atoms with Gasteiger partial charge in [-0.3, -0.25) is 19.2 Å². The zero-order valence-electron chi connectivity index (χ0n) is 27.4. The van der Waals surface area contributed by atoms with Gasteiger partial charge in [0, 0.05) is 12.6 Å². The molecule has 4 aromatic carbocycles. The van der Waals surface area contributed by atoms with Crippen molar-refractivity contribution >= 4 is 34.2 Å². The maximum Gasteiger partial charge on any atom is 0.313 e. The molecule has 0 unspecified atom stereocenters. The number of amides is 2. The van der Waals surface area contributed by atoms with E-state index >= 15 is 0 Å². The summed E-state index contributed by atoms with van der Waals surface area (Å²) in [5.74, 6) is -1.14. The van der Waals surface area contributed by atoms with Crippen molar-refractivity contribution in [3.8, 4) is 5.75 Å².